The van der Waals surface area contributed by atoms with E-state index in [-0.39, 0.29) is 17.4 Å². The second-order valence-electron chi connectivity index (χ2n) is 9.13. The fourth-order valence-corrected chi connectivity index (χ4v) is 5.00. The third kappa shape index (κ3) is 4.19. The number of carbonyl (C=O) groups excluding carboxylic acids is 1. The molecule has 2 aliphatic rings. The summed E-state index contributed by atoms with van der Waals surface area (Å²) in [5, 5.41) is 4.32. The molecule has 0 spiro atoms. The molecule has 0 radical (unpaired) electrons. The van der Waals surface area contributed by atoms with Crippen LogP contribution in [0.3, 0.4) is 0 Å². The fourth-order valence-electron chi connectivity index (χ4n) is 5.00. The predicted molar refractivity (Wildman–Crippen MR) is 121 cm³/mol. The Balaban J connectivity index is 1.54. The number of likely N-dealkylation sites (tertiary alicyclic amines) is 1. The van der Waals surface area contributed by atoms with Gasteiger partial charge < -0.3 is 14.2 Å². The minimum absolute atomic E-state index is 0.217. The molecule has 3 aromatic rings. The predicted octanol–water partition coefficient (Wildman–Crippen LogP) is 2.95. The van der Waals surface area contributed by atoms with Crippen LogP contribution in [0.2, 0.25) is 0 Å². The molecule has 1 aliphatic carbocycles. The molecule has 3 aromatic heterocycles. The summed E-state index contributed by atoms with van der Waals surface area (Å²) in [7, 11) is 2.08. The Bertz CT molecular complexity index is 1210. The zero-order chi connectivity index (χ0) is 22.9. The molecule has 33 heavy (non-hydrogen) atoms. The standard InChI is InChI=1S/C23H30N6O4/c1-3-7-15-17(14-9-4-5-10-16(14)30)28-33-19(15)21-25-20-18(24-23(31)27-20)22(26-21)32-12-13-8-6-11-29(13)2/h13-14H,3-12H2,1-2H3,(H2,24,25,26,27,31)/t13?,14-/m0/s1. The lowest BCUT2D eigenvalue weighted by atomic mass is 9.83. The molecule has 5 rings (SSSR count). The third-order valence-corrected chi connectivity index (χ3v) is 6.84. The van der Waals surface area contributed by atoms with Crippen LogP contribution in [0.1, 0.15) is 69.0 Å². The molecule has 1 saturated heterocycles. The number of hydrogen-bond acceptors (Lipinski definition) is 8. The highest BCUT2D eigenvalue weighted by molar-refractivity contribution is 5.86. The highest BCUT2D eigenvalue weighted by Gasteiger charge is 2.32. The molecule has 1 unspecified atom stereocenters. The molecule has 2 fully saturated rings. The van der Waals surface area contributed by atoms with Gasteiger partial charge in [0.25, 0.3) is 0 Å². The second-order valence-corrected chi connectivity index (χ2v) is 9.13. The Kier molecular flexibility index (Phi) is 6.01. The van der Waals surface area contributed by atoms with Crippen molar-refractivity contribution in [2.45, 2.75) is 70.3 Å². The van der Waals surface area contributed by atoms with Gasteiger partial charge in [-0.05, 0) is 45.7 Å². The van der Waals surface area contributed by atoms with Crippen LogP contribution in [-0.2, 0) is 11.2 Å². The van der Waals surface area contributed by atoms with E-state index in [0.717, 1.165) is 50.6 Å². The van der Waals surface area contributed by atoms with Gasteiger partial charge in [0.2, 0.25) is 17.5 Å². The van der Waals surface area contributed by atoms with E-state index >= 15 is 0 Å². The van der Waals surface area contributed by atoms with Gasteiger partial charge in [-0.1, -0.05) is 24.9 Å². The third-order valence-electron chi connectivity index (χ3n) is 6.84. The fraction of sp³-hybridized carbons (Fsp3) is 0.609. The van der Waals surface area contributed by atoms with E-state index in [2.05, 4.69) is 44.0 Å². The van der Waals surface area contributed by atoms with Gasteiger partial charge >= 0.3 is 5.69 Å². The number of ether oxygens (including phenoxy) is 1. The number of hydrogen-bond donors (Lipinski definition) is 2. The summed E-state index contributed by atoms with van der Waals surface area (Å²) in [6.45, 7) is 3.58. The lowest BCUT2D eigenvalue weighted by molar-refractivity contribution is -0.122. The van der Waals surface area contributed by atoms with Crippen LogP contribution in [-0.4, -0.2) is 62.0 Å². The van der Waals surface area contributed by atoms with Crippen molar-refractivity contribution in [3.63, 3.8) is 0 Å². The molecule has 2 atom stereocenters. The van der Waals surface area contributed by atoms with Crippen LogP contribution < -0.4 is 10.4 Å². The van der Waals surface area contributed by atoms with Gasteiger partial charge in [0, 0.05) is 18.0 Å². The minimum atomic E-state index is -0.376. The summed E-state index contributed by atoms with van der Waals surface area (Å²) in [5.74, 6) is 1.04. The van der Waals surface area contributed by atoms with Gasteiger partial charge in [0.1, 0.15) is 17.9 Å². The van der Waals surface area contributed by atoms with Gasteiger partial charge in [0.15, 0.2) is 5.65 Å². The van der Waals surface area contributed by atoms with Crippen molar-refractivity contribution in [1.82, 2.24) is 30.0 Å². The molecule has 0 aromatic carbocycles. The number of fused-ring (bicyclic) bond motifs is 1. The van der Waals surface area contributed by atoms with Crippen molar-refractivity contribution in [3.8, 4) is 17.5 Å². The Labute approximate surface area is 191 Å². The number of nitrogens with one attached hydrogen (secondary N) is 2. The first-order valence-corrected chi connectivity index (χ1v) is 11.9. The lowest BCUT2D eigenvalue weighted by Crippen LogP contribution is -2.30. The van der Waals surface area contributed by atoms with E-state index in [1.54, 1.807) is 0 Å². The number of likely N-dealkylation sites (N-methyl/N-ethyl adjacent to an activating group) is 1. The number of aromatic amines is 2. The molecule has 1 saturated carbocycles. The summed E-state index contributed by atoms with van der Waals surface area (Å²) in [4.78, 5) is 41.5. The second kappa shape index (κ2) is 9.09. The maximum atomic E-state index is 12.6. The van der Waals surface area contributed by atoms with Gasteiger partial charge in [-0.15, -0.1) is 0 Å². The van der Waals surface area contributed by atoms with Crippen molar-refractivity contribution in [2.24, 2.45) is 0 Å². The van der Waals surface area contributed by atoms with Crippen molar-refractivity contribution >= 4 is 16.9 Å². The van der Waals surface area contributed by atoms with Gasteiger partial charge in [-0.2, -0.15) is 4.98 Å². The normalized spacial score (nSPS) is 21.8. The number of imidazole rings is 1. The van der Waals surface area contributed by atoms with Crippen molar-refractivity contribution in [2.75, 3.05) is 20.2 Å². The Morgan fingerprint density at radius 2 is 2.03 bits per heavy atom. The molecule has 176 valence electrons. The number of Topliss-reactive ketones (excluding diaryl/α,β-unsaturated/α-hetero) is 1. The molecular weight excluding hydrogens is 424 g/mol. The average Bonchev–Trinajstić information content (AvgIpc) is 3.50. The lowest BCUT2D eigenvalue weighted by Gasteiger charge is -2.19. The summed E-state index contributed by atoms with van der Waals surface area (Å²) in [6.07, 6.45) is 7.06. The summed E-state index contributed by atoms with van der Waals surface area (Å²) in [5.41, 5.74) is 1.99. The largest absolute Gasteiger partial charge is 0.474 e. The number of ketones is 1. The highest BCUT2D eigenvalue weighted by atomic mass is 16.5. The molecule has 10 nitrogen and oxygen atoms in total. The Morgan fingerprint density at radius 1 is 1.15 bits per heavy atom. The SMILES string of the molecule is CCCc1c([C@H]2CCCCC2=O)noc1-c1nc(OCC2CCCN2C)c2[nH]c(=O)[nH]c2n1. The zero-order valence-electron chi connectivity index (χ0n) is 19.1. The van der Waals surface area contributed by atoms with E-state index in [9.17, 15) is 9.59 Å². The van der Waals surface area contributed by atoms with Gasteiger partial charge in [-0.25, -0.2) is 9.78 Å². The van der Waals surface area contributed by atoms with Crippen molar-refractivity contribution < 1.29 is 14.1 Å². The first-order chi connectivity index (χ1) is 16.0. The van der Waals surface area contributed by atoms with E-state index in [1.165, 1.54) is 0 Å². The maximum absolute atomic E-state index is 12.6. The quantitative estimate of drug-likeness (QED) is 0.557. The van der Waals surface area contributed by atoms with E-state index < -0.39 is 0 Å². The number of rotatable bonds is 7. The average molecular weight is 455 g/mol. The van der Waals surface area contributed by atoms with E-state index in [4.69, 9.17) is 9.26 Å². The molecular formula is C23H30N6O4. The summed E-state index contributed by atoms with van der Waals surface area (Å²) in [6, 6.07) is 0.300. The number of aromatic nitrogens is 5. The smallest absolute Gasteiger partial charge is 0.325 e. The van der Waals surface area contributed by atoms with Crippen molar-refractivity contribution in [1.29, 1.82) is 0 Å². The van der Waals surface area contributed by atoms with Crippen LogP contribution >= 0.6 is 0 Å². The molecule has 4 heterocycles. The van der Waals surface area contributed by atoms with Gasteiger partial charge in [-0.3, -0.25) is 14.8 Å². The minimum Gasteiger partial charge on any atom is -0.474 e. The monoisotopic (exact) mass is 454 g/mol. The zero-order valence-corrected chi connectivity index (χ0v) is 19.1. The van der Waals surface area contributed by atoms with Crippen LogP contribution in [0.4, 0.5) is 0 Å². The van der Waals surface area contributed by atoms with Crippen LogP contribution in [0.15, 0.2) is 9.32 Å². The van der Waals surface area contributed by atoms with E-state index in [1.807, 2.05) is 0 Å². The van der Waals surface area contributed by atoms with Crippen LogP contribution in [0.25, 0.3) is 22.7 Å². The maximum Gasteiger partial charge on any atom is 0.325 e. The van der Waals surface area contributed by atoms with Crippen LogP contribution in [0.5, 0.6) is 5.88 Å². The number of H-pyrrole nitrogens is 2. The molecule has 10 heteroatoms. The van der Waals surface area contributed by atoms with Crippen molar-refractivity contribution in [3.05, 3.63) is 21.7 Å². The summed E-state index contributed by atoms with van der Waals surface area (Å²) >= 11 is 0. The summed E-state index contributed by atoms with van der Waals surface area (Å²) < 4.78 is 11.8. The molecule has 0 amide bonds. The Hall–Kier alpha value is -3.01. The topological polar surface area (TPSA) is 130 Å². The number of carbonyl (C=O) groups is 1. The molecule has 1 aliphatic heterocycles. The highest BCUT2D eigenvalue weighted by Crippen LogP contribution is 2.36. The molecule has 0 bridgehead atoms. The first kappa shape index (κ1) is 21.8. The van der Waals surface area contributed by atoms with Crippen LogP contribution in [0, 0.1) is 0 Å². The Morgan fingerprint density at radius 3 is 2.79 bits per heavy atom. The van der Waals surface area contributed by atoms with Gasteiger partial charge in [0.05, 0.1) is 11.6 Å². The molecule has 2 N–H and O–H groups in total. The number of nitrogens with zero attached hydrogens (tertiary/aromatic N) is 4. The van der Waals surface area contributed by atoms with E-state index in [0.29, 0.717) is 59.8 Å². The first-order valence-electron chi connectivity index (χ1n) is 11.9.